The van der Waals surface area contributed by atoms with Gasteiger partial charge in [0, 0.05) is 0 Å². The summed E-state index contributed by atoms with van der Waals surface area (Å²) in [6.07, 6.45) is 0.413. The molecule has 27 heavy (non-hydrogen) atoms. The van der Waals surface area contributed by atoms with Crippen molar-refractivity contribution in [1.82, 2.24) is 4.90 Å². The Morgan fingerprint density at radius 2 is 1.59 bits per heavy atom. The second kappa shape index (κ2) is 8.19. The minimum Gasteiger partial charge on any atom is -0.444 e. The van der Waals surface area contributed by atoms with Gasteiger partial charge < -0.3 is 9.47 Å². The van der Waals surface area contributed by atoms with Gasteiger partial charge in [0.15, 0.2) is 0 Å². The van der Waals surface area contributed by atoms with Gasteiger partial charge in [-0.15, -0.1) is 0 Å². The van der Waals surface area contributed by atoms with Crippen LogP contribution in [0.4, 0.5) is 4.79 Å². The van der Waals surface area contributed by atoms with Crippen molar-refractivity contribution in [2.75, 3.05) is 25.7 Å². The van der Waals surface area contributed by atoms with Crippen molar-refractivity contribution in [3.8, 4) is 0 Å². The maximum atomic E-state index is 12.7. The molecule has 0 radical (unpaired) electrons. The summed E-state index contributed by atoms with van der Waals surface area (Å²) in [6.45, 7) is 7.84. The van der Waals surface area contributed by atoms with Crippen LogP contribution in [0.5, 0.6) is 0 Å². The normalized spacial score (nSPS) is 23.4. The monoisotopic (exact) mass is 431 g/mol. The van der Waals surface area contributed by atoms with Gasteiger partial charge in [-0.2, -0.15) is 16.8 Å². The van der Waals surface area contributed by atoms with Crippen LogP contribution in [0.3, 0.4) is 0 Å². The lowest BCUT2D eigenvalue weighted by Crippen LogP contribution is -2.50. The molecule has 10 nitrogen and oxygen atoms in total. The fraction of sp³-hybridized carbons (Fsp3) is 0.933. The fourth-order valence-corrected chi connectivity index (χ4v) is 3.49. The molecule has 1 amide bonds. The molecule has 1 aliphatic rings. The predicted molar refractivity (Wildman–Crippen MR) is 97.0 cm³/mol. The molecule has 0 bridgehead atoms. The zero-order chi connectivity index (χ0) is 21.3. The number of hydrogen-bond acceptors (Lipinski definition) is 9. The second-order valence-corrected chi connectivity index (χ2v) is 11.1. The van der Waals surface area contributed by atoms with Crippen LogP contribution < -0.4 is 0 Å². The topological polar surface area (TPSA) is 126 Å². The Morgan fingerprint density at radius 3 is 2.04 bits per heavy atom. The molecule has 1 heterocycles. The fourth-order valence-electron chi connectivity index (χ4n) is 2.71. The number of ether oxygens (including phenoxy) is 2. The van der Waals surface area contributed by atoms with Crippen LogP contribution in [-0.4, -0.2) is 77.0 Å². The molecule has 2 atom stereocenters. The lowest BCUT2D eigenvalue weighted by atomic mass is 10.1. The van der Waals surface area contributed by atoms with Crippen LogP contribution in [0.25, 0.3) is 0 Å². The number of nitrogens with zero attached hydrogens (tertiary/aromatic N) is 1. The van der Waals surface area contributed by atoms with Crippen molar-refractivity contribution >= 4 is 26.3 Å². The highest BCUT2D eigenvalue weighted by molar-refractivity contribution is 7.86. The highest BCUT2D eigenvalue weighted by Gasteiger charge is 2.51. The number of carbonyl (C=O) groups excluding carboxylic acids is 1. The SMILES string of the molecule is CC(C)(C)OC(=O)N1[C@@H](CCOS(C)(=O)=O)[C@H](COS(C)(=O)=O)OC1(C)C. The lowest BCUT2D eigenvalue weighted by Gasteiger charge is -2.35. The summed E-state index contributed by atoms with van der Waals surface area (Å²) in [5, 5.41) is 0. The first-order valence-electron chi connectivity index (χ1n) is 8.30. The molecule has 0 spiro atoms. The third kappa shape index (κ3) is 8.30. The standard InChI is InChI=1S/C15H29NO9S2/c1-14(2,3)25-13(17)16-11(8-9-22-26(6,18)19)12(24-15(16,4)5)10-23-27(7,20)21/h11-12H,8-10H2,1-7H3/t11-,12-/m0/s1. The number of amides is 1. The lowest BCUT2D eigenvalue weighted by molar-refractivity contribution is -0.0845. The Labute approximate surface area is 161 Å². The molecular weight excluding hydrogens is 402 g/mol. The van der Waals surface area contributed by atoms with E-state index in [2.05, 4.69) is 0 Å². The van der Waals surface area contributed by atoms with Crippen molar-refractivity contribution in [2.45, 2.75) is 64.5 Å². The van der Waals surface area contributed by atoms with Crippen molar-refractivity contribution in [2.24, 2.45) is 0 Å². The van der Waals surface area contributed by atoms with E-state index in [9.17, 15) is 21.6 Å². The summed E-state index contributed by atoms with van der Waals surface area (Å²) in [6, 6.07) is -0.710. The van der Waals surface area contributed by atoms with Crippen LogP contribution in [0.15, 0.2) is 0 Å². The molecule has 1 fully saturated rings. The molecule has 0 aromatic carbocycles. The van der Waals surface area contributed by atoms with E-state index in [-0.39, 0.29) is 19.6 Å². The van der Waals surface area contributed by atoms with Crippen molar-refractivity contribution in [3.05, 3.63) is 0 Å². The summed E-state index contributed by atoms with van der Waals surface area (Å²) in [4.78, 5) is 14.0. The van der Waals surface area contributed by atoms with Gasteiger partial charge in [-0.25, -0.2) is 4.79 Å². The molecule has 160 valence electrons. The Bertz CT molecular complexity index is 738. The van der Waals surface area contributed by atoms with Gasteiger partial charge in [0.1, 0.15) is 17.4 Å². The van der Waals surface area contributed by atoms with Gasteiger partial charge >= 0.3 is 6.09 Å². The van der Waals surface area contributed by atoms with Crippen LogP contribution in [-0.2, 0) is 38.1 Å². The van der Waals surface area contributed by atoms with E-state index in [1.165, 1.54) is 4.90 Å². The molecule has 0 aromatic heterocycles. The minimum absolute atomic E-state index is 0.0769. The van der Waals surface area contributed by atoms with Crippen LogP contribution in [0.1, 0.15) is 41.0 Å². The number of carbonyl (C=O) groups is 1. The Hall–Kier alpha value is -0.950. The average Bonchev–Trinajstić information content (AvgIpc) is 2.63. The largest absolute Gasteiger partial charge is 0.444 e. The van der Waals surface area contributed by atoms with Gasteiger partial charge in [-0.3, -0.25) is 13.3 Å². The van der Waals surface area contributed by atoms with E-state index in [1.807, 2.05) is 0 Å². The van der Waals surface area contributed by atoms with Crippen molar-refractivity contribution < 1.29 is 39.5 Å². The quantitative estimate of drug-likeness (QED) is 0.544. The summed E-state index contributed by atoms with van der Waals surface area (Å²) in [7, 11) is -7.39. The highest BCUT2D eigenvalue weighted by Crippen LogP contribution is 2.35. The molecule has 0 aromatic rings. The number of hydrogen-bond donors (Lipinski definition) is 0. The smallest absolute Gasteiger partial charge is 0.412 e. The second-order valence-electron chi connectivity index (χ2n) is 7.82. The maximum Gasteiger partial charge on any atom is 0.412 e. The molecular formula is C15H29NO9S2. The van der Waals surface area contributed by atoms with Gasteiger partial charge in [0.25, 0.3) is 20.2 Å². The molecule has 12 heteroatoms. The van der Waals surface area contributed by atoms with Crippen molar-refractivity contribution in [3.63, 3.8) is 0 Å². The Morgan fingerprint density at radius 1 is 1.07 bits per heavy atom. The first-order valence-corrected chi connectivity index (χ1v) is 11.9. The van der Waals surface area contributed by atoms with Gasteiger partial charge in [-0.1, -0.05) is 0 Å². The van der Waals surface area contributed by atoms with E-state index >= 15 is 0 Å². The van der Waals surface area contributed by atoms with Gasteiger partial charge in [-0.05, 0) is 41.0 Å². The third-order valence-corrected chi connectivity index (χ3v) is 4.69. The van der Waals surface area contributed by atoms with E-state index in [4.69, 9.17) is 17.8 Å². The zero-order valence-corrected chi connectivity index (χ0v) is 18.3. The average molecular weight is 432 g/mol. The highest BCUT2D eigenvalue weighted by atomic mass is 32.2. The van der Waals surface area contributed by atoms with Crippen LogP contribution >= 0.6 is 0 Å². The number of rotatable bonds is 7. The molecule has 1 rings (SSSR count). The van der Waals surface area contributed by atoms with Gasteiger partial charge in [0.05, 0.1) is 31.8 Å². The predicted octanol–water partition coefficient (Wildman–Crippen LogP) is 1.07. The molecule has 0 saturated carbocycles. The molecule has 0 unspecified atom stereocenters. The Balaban J connectivity index is 3.07. The molecule has 0 aliphatic carbocycles. The first kappa shape index (κ1) is 24.1. The Kier molecular flexibility index (Phi) is 7.31. The van der Waals surface area contributed by atoms with E-state index in [1.54, 1.807) is 34.6 Å². The minimum atomic E-state index is -3.72. The van der Waals surface area contributed by atoms with E-state index < -0.39 is 49.8 Å². The van der Waals surface area contributed by atoms with Crippen LogP contribution in [0, 0.1) is 0 Å². The summed E-state index contributed by atoms with van der Waals surface area (Å²) in [5.41, 5.74) is -1.88. The van der Waals surface area contributed by atoms with Crippen LogP contribution in [0.2, 0.25) is 0 Å². The van der Waals surface area contributed by atoms with E-state index in [0.29, 0.717) is 0 Å². The first-order chi connectivity index (χ1) is 11.9. The third-order valence-electron chi connectivity index (χ3n) is 3.53. The molecule has 1 aliphatic heterocycles. The van der Waals surface area contributed by atoms with Gasteiger partial charge in [0.2, 0.25) is 0 Å². The zero-order valence-electron chi connectivity index (χ0n) is 16.7. The summed E-state index contributed by atoms with van der Waals surface area (Å²) in [5.74, 6) is 0. The van der Waals surface area contributed by atoms with E-state index in [0.717, 1.165) is 12.5 Å². The molecule has 1 saturated heterocycles. The summed E-state index contributed by atoms with van der Waals surface area (Å²) >= 11 is 0. The summed E-state index contributed by atoms with van der Waals surface area (Å²) < 4.78 is 65.9. The van der Waals surface area contributed by atoms with Crippen molar-refractivity contribution in [1.29, 1.82) is 0 Å². The molecule has 0 N–H and O–H groups in total. The maximum absolute atomic E-state index is 12.7.